The van der Waals surface area contributed by atoms with E-state index in [2.05, 4.69) is 5.32 Å². The maximum absolute atomic E-state index is 12.0. The molecule has 1 amide bonds. The van der Waals surface area contributed by atoms with Crippen LogP contribution in [0, 0.1) is 6.92 Å². The molecule has 0 unspecified atom stereocenters. The lowest BCUT2D eigenvalue weighted by Gasteiger charge is -2.18. The normalized spacial score (nSPS) is 12.6. The largest absolute Gasteiger partial charge is 0.486 e. The van der Waals surface area contributed by atoms with Gasteiger partial charge in [0.15, 0.2) is 18.1 Å². The van der Waals surface area contributed by atoms with E-state index in [4.69, 9.17) is 14.2 Å². The molecule has 1 aliphatic heterocycles. The van der Waals surface area contributed by atoms with Crippen LogP contribution < -0.4 is 14.8 Å². The standard InChI is InChI=1S/C18H19NO5S/c1-3-12-8-16(25-11(12)2)18(21)24-10-17(20)19-13-4-5-14-15(9-13)23-7-6-22-14/h4-5,8-9H,3,6-7,10H2,1-2H3,(H,19,20). The molecule has 0 saturated carbocycles. The Morgan fingerprint density at radius 3 is 2.68 bits per heavy atom. The average Bonchev–Trinajstić information content (AvgIpc) is 3.00. The zero-order chi connectivity index (χ0) is 17.8. The molecule has 1 aliphatic rings. The molecule has 1 aromatic carbocycles. The molecule has 1 aromatic heterocycles. The highest BCUT2D eigenvalue weighted by atomic mass is 32.1. The number of esters is 1. The number of ether oxygens (including phenoxy) is 3. The Kier molecular flexibility index (Phi) is 5.23. The Bertz CT molecular complexity index is 799. The minimum absolute atomic E-state index is 0.342. The van der Waals surface area contributed by atoms with Crippen molar-refractivity contribution in [2.24, 2.45) is 0 Å². The summed E-state index contributed by atoms with van der Waals surface area (Å²) in [4.78, 5) is 25.6. The molecule has 3 rings (SSSR count). The highest BCUT2D eigenvalue weighted by Crippen LogP contribution is 2.32. The van der Waals surface area contributed by atoms with Gasteiger partial charge in [0.25, 0.3) is 5.91 Å². The molecule has 132 valence electrons. The summed E-state index contributed by atoms with van der Waals surface area (Å²) in [6, 6.07) is 6.95. The second-order valence-corrected chi connectivity index (χ2v) is 6.78. The van der Waals surface area contributed by atoms with Gasteiger partial charge in [0, 0.05) is 16.6 Å². The first-order valence-corrected chi connectivity index (χ1v) is 8.84. The fraction of sp³-hybridized carbons (Fsp3) is 0.333. The maximum atomic E-state index is 12.0. The molecule has 6 nitrogen and oxygen atoms in total. The first kappa shape index (κ1) is 17.3. The van der Waals surface area contributed by atoms with Crippen LogP contribution in [0.25, 0.3) is 0 Å². The summed E-state index contributed by atoms with van der Waals surface area (Å²) in [5, 5.41) is 2.68. The number of hydrogen-bond acceptors (Lipinski definition) is 6. The Morgan fingerprint density at radius 2 is 1.96 bits per heavy atom. The van der Waals surface area contributed by atoms with Crippen molar-refractivity contribution in [1.29, 1.82) is 0 Å². The second kappa shape index (κ2) is 7.57. The van der Waals surface area contributed by atoms with Crippen molar-refractivity contribution in [3.63, 3.8) is 0 Å². The van der Waals surface area contributed by atoms with Crippen LogP contribution in [0.15, 0.2) is 24.3 Å². The molecule has 25 heavy (non-hydrogen) atoms. The van der Waals surface area contributed by atoms with Crippen molar-refractivity contribution in [1.82, 2.24) is 0 Å². The molecule has 2 heterocycles. The number of hydrogen-bond donors (Lipinski definition) is 1. The summed E-state index contributed by atoms with van der Waals surface area (Å²) in [7, 11) is 0. The van der Waals surface area contributed by atoms with Gasteiger partial charge in [-0.05, 0) is 37.1 Å². The van der Waals surface area contributed by atoms with E-state index in [1.807, 2.05) is 19.9 Å². The summed E-state index contributed by atoms with van der Waals surface area (Å²) in [6.07, 6.45) is 0.861. The van der Waals surface area contributed by atoms with Gasteiger partial charge in [-0.3, -0.25) is 4.79 Å². The lowest BCUT2D eigenvalue weighted by molar-refractivity contribution is -0.119. The highest BCUT2D eigenvalue weighted by Gasteiger charge is 2.16. The number of rotatable bonds is 5. The molecule has 0 fully saturated rings. The van der Waals surface area contributed by atoms with Gasteiger partial charge in [-0.25, -0.2) is 4.79 Å². The lowest BCUT2D eigenvalue weighted by Crippen LogP contribution is -2.21. The summed E-state index contributed by atoms with van der Waals surface area (Å²) in [5.41, 5.74) is 1.68. The van der Waals surface area contributed by atoms with Gasteiger partial charge in [0.05, 0.1) is 0 Å². The quantitative estimate of drug-likeness (QED) is 0.828. The number of carbonyl (C=O) groups excluding carboxylic acids is 2. The van der Waals surface area contributed by atoms with E-state index >= 15 is 0 Å². The number of carbonyl (C=O) groups is 2. The zero-order valence-electron chi connectivity index (χ0n) is 14.1. The van der Waals surface area contributed by atoms with Crippen LogP contribution in [-0.2, 0) is 16.0 Å². The molecular weight excluding hydrogens is 342 g/mol. The number of nitrogens with one attached hydrogen (secondary N) is 1. The van der Waals surface area contributed by atoms with Gasteiger partial charge in [0.1, 0.15) is 18.1 Å². The molecule has 2 aromatic rings. The molecule has 0 saturated heterocycles. The molecule has 0 bridgehead atoms. The fourth-order valence-corrected chi connectivity index (χ4v) is 3.50. The summed E-state index contributed by atoms with van der Waals surface area (Å²) >= 11 is 1.38. The van der Waals surface area contributed by atoms with Crippen LogP contribution in [0.2, 0.25) is 0 Å². The van der Waals surface area contributed by atoms with Crippen LogP contribution in [-0.4, -0.2) is 31.7 Å². The van der Waals surface area contributed by atoms with E-state index in [-0.39, 0.29) is 6.61 Å². The fourth-order valence-electron chi connectivity index (χ4n) is 2.49. The second-order valence-electron chi connectivity index (χ2n) is 5.53. The summed E-state index contributed by atoms with van der Waals surface area (Å²) < 4.78 is 16.0. The van der Waals surface area contributed by atoms with E-state index < -0.39 is 11.9 Å². The number of fused-ring (bicyclic) bond motifs is 1. The molecular formula is C18H19NO5S. The Hall–Kier alpha value is -2.54. The van der Waals surface area contributed by atoms with E-state index in [0.29, 0.717) is 35.3 Å². The van der Waals surface area contributed by atoms with Gasteiger partial charge >= 0.3 is 5.97 Å². The van der Waals surface area contributed by atoms with Crippen LogP contribution in [0.3, 0.4) is 0 Å². The van der Waals surface area contributed by atoms with E-state index in [1.165, 1.54) is 11.3 Å². The first-order valence-electron chi connectivity index (χ1n) is 8.02. The molecule has 1 N–H and O–H groups in total. The lowest BCUT2D eigenvalue weighted by atomic mass is 10.2. The van der Waals surface area contributed by atoms with Crippen LogP contribution >= 0.6 is 11.3 Å². The Labute approximate surface area is 149 Å². The third kappa shape index (κ3) is 4.11. The van der Waals surface area contributed by atoms with E-state index in [1.54, 1.807) is 18.2 Å². The van der Waals surface area contributed by atoms with Gasteiger partial charge in [-0.2, -0.15) is 0 Å². The minimum Gasteiger partial charge on any atom is -0.486 e. The SMILES string of the molecule is CCc1cc(C(=O)OCC(=O)Nc2ccc3c(c2)OCCO3)sc1C. The van der Waals surface area contributed by atoms with Gasteiger partial charge < -0.3 is 19.5 Å². The molecule has 0 spiro atoms. The maximum Gasteiger partial charge on any atom is 0.348 e. The molecule has 7 heteroatoms. The van der Waals surface area contributed by atoms with Crippen molar-refractivity contribution in [3.8, 4) is 11.5 Å². The minimum atomic E-state index is -0.481. The third-order valence-electron chi connectivity index (χ3n) is 3.76. The predicted molar refractivity (Wildman–Crippen MR) is 94.8 cm³/mol. The topological polar surface area (TPSA) is 73.9 Å². The number of anilines is 1. The number of amides is 1. The van der Waals surface area contributed by atoms with Gasteiger partial charge in [-0.1, -0.05) is 6.92 Å². The highest BCUT2D eigenvalue weighted by molar-refractivity contribution is 7.14. The van der Waals surface area contributed by atoms with Crippen LogP contribution in [0.4, 0.5) is 5.69 Å². The molecule has 0 radical (unpaired) electrons. The van der Waals surface area contributed by atoms with Crippen molar-refractivity contribution in [3.05, 3.63) is 39.6 Å². The number of thiophene rings is 1. The van der Waals surface area contributed by atoms with E-state index in [9.17, 15) is 9.59 Å². The average molecular weight is 361 g/mol. The summed E-state index contributed by atoms with van der Waals surface area (Å²) in [5.74, 6) is 0.344. The van der Waals surface area contributed by atoms with Crippen molar-refractivity contribution >= 4 is 28.9 Å². The predicted octanol–water partition coefficient (Wildman–Crippen LogP) is 3.19. The summed E-state index contributed by atoms with van der Waals surface area (Å²) in [6.45, 7) is 4.64. The van der Waals surface area contributed by atoms with Crippen molar-refractivity contribution in [2.45, 2.75) is 20.3 Å². The van der Waals surface area contributed by atoms with Gasteiger partial charge in [-0.15, -0.1) is 11.3 Å². The first-order chi connectivity index (χ1) is 12.1. The van der Waals surface area contributed by atoms with Crippen molar-refractivity contribution in [2.75, 3.05) is 25.1 Å². The molecule has 0 atom stereocenters. The Morgan fingerprint density at radius 1 is 1.20 bits per heavy atom. The van der Waals surface area contributed by atoms with Crippen LogP contribution in [0.1, 0.15) is 27.0 Å². The van der Waals surface area contributed by atoms with E-state index in [0.717, 1.165) is 16.9 Å². The number of aryl methyl sites for hydroxylation is 2. The third-order valence-corrected chi connectivity index (χ3v) is 4.84. The zero-order valence-corrected chi connectivity index (χ0v) is 14.9. The Balaban J connectivity index is 1.54. The number of benzene rings is 1. The molecule has 0 aliphatic carbocycles. The van der Waals surface area contributed by atoms with Crippen molar-refractivity contribution < 1.29 is 23.8 Å². The van der Waals surface area contributed by atoms with Gasteiger partial charge in [0.2, 0.25) is 0 Å². The monoisotopic (exact) mass is 361 g/mol. The van der Waals surface area contributed by atoms with Crippen LogP contribution in [0.5, 0.6) is 11.5 Å². The smallest absolute Gasteiger partial charge is 0.348 e.